The molecule has 1 unspecified atom stereocenters. The summed E-state index contributed by atoms with van der Waals surface area (Å²) in [4.78, 5) is 9.38. The average molecular weight is 503 g/mol. The Bertz CT molecular complexity index is 610. The zero-order valence-corrected chi connectivity index (χ0v) is 19.1. The predicted molar refractivity (Wildman–Crippen MR) is 125 cm³/mol. The van der Waals surface area contributed by atoms with Gasteiger partial charge in [-0.15, -0.1) is 24.0 Å². The number of guanidine groups is 1. The lowest BCUT2D eigenvalue weighted by atomic mass is 10.1. The quantitative estimate of drug-likeness (QED) is 0.244. The van der Waals surface area contributed by atoms with E-state index < -0.39 is 0 Å². The maximum absolute atomic E-state index is 6.03. The lowest BCUT2D eigenvalue weighted by molar-refractivity contribution is 0.0376. The first kappa shape index (κ1) is 23.0. The molecular formula is C20H34IN5O2. The molecule has 158 valence electrons. The lowest BCUT2D eigenvalue weighted by Crippen LogP contribution is -2.39. The monoisotopic (exact) mass is 503 g/mol. The van der Waals surface area contributed by atoms with Gasteiger partial charge in [0.1, 0.15) is 5.75 Å². The van der Waals surface area contributed by atoms with Crippen molar-refractivity contribution in [2.45, 2.75) is 12.8 Å². The number of hydrogen-bond donors (Lipinski definition) is 2. The maximum Gasteiger partial charge on any atom is 0.188 e. The third kappa shape index (κ3) is 7.29. The minimum Gasteiger partial charge on any atom is -0.497 e. The summed E-state index contributed by atoms with van der Waals surface area (Å²) in [6, 6.07) is 8.25. The van der Waals surface area contributed by atoms with Gasteiger partial charge in [-0.1, -0.05) is 6.07 Å². The molecule has 1 aromatic carbocycles. The zero-order chi connectivity index (χ0) is 18.9. The maximum atomic E-state index is 6.03. The van der Waals surface area contributed by atoms with E-state index in [0.29, 0.717) is 11.9 Å². The Labute approximate surface area is 185 Å². The Morgan fingerprint density at radius 3 is 2.93 bits per heavy atom. The molecule has 28 heavy (non-hydrogen) atoms. The molecule has 0 radical (unpaired) electrons. The highest BCUT2D eigenvalue weighted by atomic mass is 127. The Balaban J connectivity index is 0.00000280. The number of aliphatic imine (C=N–C) groups is 1. The van der Waals surface area contributed by atoms with Crippen molar-refractivity contribution in [2.75, 3.05) is 71.0 Å². The number of ether oxygens (including phenoxy) is 2. The van der Waals surface area contributed by atoms with Crippen molar-refractivity contribution in [2.24, 2.45) is 16.6 Å². The second-order valence-electron chi connectivity index (χ2n) is 7.26. The Kier molecular flexibility index (Phi) is 10.1. The van der Waals surface area contributed by atoms with Crippen LogP contribution in [0.4, 0.5) is 5.69 Å². The fourth-order valence-corrected chi connectivity index (χ4v) is 3.65. The molecule has 7 nitrogen and oxygen atoms in total. The van der Waals surface area contributed by atoms with E-state index in [1.807, 2.05) is 12.1 Å². The van der Waals surface area contributed by atoms with Crippen LogP contribution in [0.5, 0.6) is 5.75 Å². The molecule has 2 fully saturated rings. The molecule has 0 amide bonds. The number of anilines is 1. The average Bonchev–Trinajstić information content (AvgIpc) is 3.20. The molecule has 0 saturated carbocycles. The van der Waals surface area contributed by atoms with Crippen LogP contribution in [0.1, 0.15) is 12.8 Å². The van der Waals surface area contributed by atoms with Crippen LogP contribution >= 0.6 is 24.0 Å². The Hall–Kier alpha value is -1.26. The first-order valence-electron chi connectivity index (χ1n) is 9.97. The van der Waals surface area contributed by atoms with Crippen molar-refractivity contribution in [3.8, 4) is 5.75 Å². The van der Waals surface area contributed by atoms with Crippen LogP contribution in [-0.4, -0.2) is 77.0 Å². The third-order valence-electron chi connectivity index (χ3n) is 5.29. The summed E-state index contributed by atoms with van der Waals surface area (Å²) in [6.45, 7) is 8.58. The van der Waals surface area contributed by atoms with Crippen molar-refractivity contribution < 1.29 is 9.47 Å². The molecule has 0 aliphatic carbocycles. The van der Waals surface area contributed by atoms with Gasteiger partial charge in [0.05, 0.1) is 20.3 Å². The van der Waals surface area contributed by atoms with Crippen molar-refractivity contribution in [3.05, 3.63) is 24.3 Å². The van der Waals surface area contributed by atoms with Gasteiger partial charge in [-0.3, -0.25) is 9.89 Å². The van der Waals surface area contributed by atoms with E-state index in [2.05, 4.69) is 32.2 Å². The van der Waals surface area contributed by atoms with E-state index >= 15 is 0 Å². The lowest BCUT2D eigenvalue weighted by Gasteiger charge is -2.26. The van der Waals surface area contributed by atoms with Gasteiger partial charge in [0, 0.05) is 51.0 Å². The van der Waals surface area contributed by atoms with Gasteiger partial charge in [-0.25, -0.2) is 0 Å². The van der Waals surface area contributed by atoms with Gasteiger partial charge in [-0.05, 0) is 37.4 Å². The number of nitrogens with one attached hydrogen (secondary N) is 1. The fraction of sp³-hybridized carbons (Fsp3) is 0.650. The van der Waals surface area contributed by atoms with Gasteiger partial charge in [0.15, 0.2) is 5.96 Å². The molecule has 8 heteroatoms. The van der Waals surface area contributed by atoms with E-state index in [1.165, 1.54) is 5.69 Å². The predicted octanol–water partition coefficient (Wildman–Crippen LogP) is 1.77. The van der Waals surface area contributed by atoms with Gasteiger partial charge in [0.2, 0.25) is 0 Å². The van der Waals surface area contributed by atoms with Gasteiger partial charge >= 0.3 is 0 Å². The van der Waals surface area contributed by atoms with Gasteiger partial charge in [0.25, 0.3) is 0 Å². The first-order chi connectivity index (χ1) is 13.2. The van der Waals surface area contributed by atoms with Crippen LogP contribution < -0.4 is 20.7 Å². The van der Waals surface area contributed by atoms with Crippen LogP contribution in [-0.2, 0) is 4.74 Å². The van der Waals surface area contributed by atoms with Crippen molar-refractivity contribution >= 4 is 35.6 Å². The molecule has 0 spiro atoms. The first-order valence-corrected chi connectivity index (χ1v) is 9.97. The number of morpholine rings is 1. The second-order valence-corrected chi connectivity index (χ2v) is 7.26. The molecule has 3 rings (SSSR count). The molecule has 2 aliphatic rings. The third-order valence-corrected chi connectivity index (χ3v) is 5.29. The van der Waals surface area contributed by atoms with Gasteiger partial charge in [-0.2, -0.15) is 0 Å². The molecule has 2 heterocycles. The van der Waals surface area contributed by atoms with E-state index in [1.54, 1.807) is 7.11 Å². The molecule has 1 aromatic rings. The molecule has 2 saturated heterocycles. The number of halogens is 1. The largest absolute Gasteiger partial charge is 0.497 e. The highest BCUT2D eigenvalue weighted by Crippen LogP contribution is 2.26. The summed E-state index contributed by atoms with van der Waals surface area (Å²) in [5, 5.41) is 3.24. The molecule has 1 atom stereocenters. The summed E-state index contributed by atoms with van der Waals surface area (Å²) < 4.78 is 10.7. The fourth-order valence-electron chi connectivity index (χ4n) is 3.65. The topological polar surface area (TPSA) is 75.3 Å². The van der Waals surface area contributed by atoms with E-state index in [9.17, 15) is 0 Å². The number of nitrogens with two attached hydrogens (primary N) is 1. The van der Waals surface area contributed by atoms with Crippen molar-refractivity contribution in [3.63, 3.8) is 0 Å². The van der Waals surface area contributed by atoms with Crippen LogP contribution in [0.15, 0.2) is 29.3 Å². The number of nitrogens with zero attached hydrogens (tertiary/aromatic N) is 3. The molecular weight excluding hydrogens is 469 g/mol. The zero-order valence-electron chi connectivity index (χ0n) is 16.8. The standard InChI is InChI=1S/C20H33N5O2.HI/c1-26-19-5-2-4-18(14-19)25-9-6-17(16-25)15-23-20(21)22-7-3-8-24-10-12-27-13-11-24;/h2,4-5,14,17H,3,6-13,15-16H2,1H3,(H3,21,22,23);1H. The number of methoxy groups -OCH3 is 1. The number of benzene rings is 1. The summed E-state index contributed by atoms with van der Waals surface area (Å²) in [6.07, 6.45) is 2.22. The Morgan fingerprint density at radius 1 is 1.32 bits per heavy atom. The van der Waals surface area contributed by atoms with Crippen molar-refractivity contribution in [1.29, 1.82) is 0 Å². The summed E-state index contributed by atoms with van der Waals surface area (Å²) >= 11 is 0. The second kappa shape index (κ2) is 12.3. The molecule has 2 aliphatic heterocycles. The highest BCUT2D eigenvalue weighted by molar-refractivity contribution is 14.0. The van der Waals surface area contributed by atoms with E-state index in [-0.39, 0.29) is 24.0 Å². The minimum atomic E-state index is 0. The number of hydrogen-bond acceptors (Lipinski definition) is 5. The number of rotatable bonds is 8. The van der Waals surface area contributed by atoms with Crippen LogP contribution in [0.3, 0.4) is 0 Å². The van der Waals surface area contributed by atoms with Gasteiger partial charge < -0.3 is 25.4 Å². The summed E-state index contributed by atoms with van der Waals surface area (Å²) in [5.74, 6) is 2.02. The highest BCUT2D eigenvalue weighted by Gasteiger charge is 2.22. The molecule has 0 aromatic heterocycles. The minimum absolute atomic E-state index is 0. The normalized spacial score (nSPS) is 20.7. The molecule has 0 bridgehead atoms. The summed E-state index contributed by atoms with van der Waals surface area (Å²) in [7, 11) is 1.71. The van der Waals surface area contributed by atoms with Crippen molar-refractivity contribution in [1.82, 2.24) is 10.2 Å². The van der Waals surface area contributed by atoms with Crippen LogP contribution in [0.2, 0.25) is 0 Å². The van der Waals surface area contributed by atoms with Crippen LogP contribution in [0, 0.1) is 5.92 Å². The Morgan fingerprint density at radius 2 is 2.14 bits per heavy atom. The van der Waals surface area contributed by atoms with Crippen LogP contribution in [0.25, 0.3) is 0 Å². The smallest absolute Gasteiger partial charge is 0.188 e. The SMILES string of the molecule is COc1cccc(N2CCC(CN=C(N)NCCCN3CCOCC3)C2)c1.I. The summed E-state index contributed by atoms with van der Waals surface area (Å²) in [5.41, 5.74) is 7.25. The van der Waals surface area contributed by atoms with E-state index in [0.717, 1.165) is 77.6 Å². The van der Waals surface area contributed by atoms with E-state index in [4.69, 9.17) is 15.2 Å². The molecule has 3 N–H and O–H groups in total.